The summed E-state index contributed by atoms with van der Waals surface area (Å²) in [4.78, 5) is 34.1. The maximum atomic E-state index is 12.9. The highest BCUT2D eigenvalue weighted by Crippen LogP contribution is 2.26. The molecule has 1 aromatic carbocycles. The van der Waals surface area contributed by atoms with Gasteiger partial charge in [0.15, 0.2) is 5.13 Å². The Morgan fingerprint density at radius 3 is 2.57 bits per heavy atom. The number of carbonyl (C=O) groups excluding carboxylic acids is 2. The number of nitrogens with one attached hydrogen (secondary N) is 1. The van der Waals surface area contributed by atoms with Gasteiger partial charge in [0.2, 0.25) is 0 Å². The Bertz CT molecular complexity index is 968. The van der Waals surface area contributed by atoms with Crippen LogP contribution in [0.25, 0.3) is 0 Å². The fourth-order valence-corrected chi connectivity index (χ4v) is 4.48. The Hall–Kier alpha value is -2.42. The molecule has 2 aromatic heterocycles. The first-order valence-corrected chi connectivity index (χ1v) is 10.8. The highest BCUT2D eigenvalue weighted by molar-refractivity contribution is 7.13. The number of nitrogens with zero attached hydrogens (tertiary/aromatic N) is 3. The average Bonchev–Trinajstić information content (AvgIpc) is 3.43. The maximum Gasteiger partial charge on any atom is 0.265 e. The Balaban J connectivity index is 1.44. The molecule has 1 aliphatic rings. The number of carbonyl (C=O) groups is 2. The van der Waals surface area contributed by atoms with E-state index in [1.807, 2.05) is 21.7 Å². The van der Waals surface area contributed by atoms with Gasteiger partial charge >= 0.3 is 0 Å². The molecule has 0 radical (unpaired) electrons. The van der Waals surface area contributed by atoms with Gasteiger partial charge in [-0.05, 0) is 29.6 Å². The molecule has 1 saturated heterocycles. The molecule has 0 aliphatic carbocycles. The summed E-state index contributed by atoms with van der Waals surface area (Å²) in [6.07, 6.45) is 1.79. The zero-order valence-corrected chi connectivity index (χ0v) is 17.2. The van der Waals surface area contributed by atoms with Gasteiger partial charge in [-0.2, -0.15) is 0 Å². The minimum Gasteiger partial charge on any atom is -0.345 e. The highest BCUT2D eigenvalue weighted by Gasteiger charge is 2.24. The van der Waals surface area contributed by atoms with Crippen molar-refractivity contribution in [2.24, 2.45) is 0 Å². The van der Waals surface area contributed by atoms with E-state index < -0.39 is 0 Å². The zero-order chi connectivity index (χ0) is 19.5. The van der Waals surface area contributed by atoms with Crippen molar-refractivity contribution in [3.8, 4) is 0 Å². The first-order chi connectivity index (χ1) is 13.6. The maximum absolute atomic E-state index is 12.9. The van der Waals surface area contributed by atoms with E-state index in [2.05, 4.69) is 15.2 Å². The lowest BCUT2D eigenvalue weighted by Crippen LogP contribution is -2.48. The molecule has 1 fully saturated rings. The lowest BCUT2D eigenvalue weighted by Gasteiger charge is -2.34. The van der Waals surface area contributed by atoms with Crippen LogP contribution in [-0.2, 0) is 0 Å². The van der Waals surface area contributed by atoms with Gasteiger partial charge in [-0.3, -0.25) is 9.59 Å². The van der Waals surface area contributed by atoms with Gasteiger partial charge in [0.25, 0.3) is 11.8 Å². The third-order valence-electron chi connectivity index (χ3n) is 4.46. The number of thiophene rings is 1. The third-order valence-corrected chi connectivity index (χ3v) is 6.49. The lowest BCUT2D eigenvalue weighted by molar-refractivity contribution is 0.0746. The standard InChI is InChI=1S/C19H17ClN4O2S2/c20-14-4-3-13(12-15(14)22-17(25)16-2-1-10-27-16)18(26)23-6-8-24(9-7-23)19-21-5-11-28-19/h1-5,10-12H,6-9H2,(H,22,25). The van der Waals surface area contributed by atoms with Crippen LogP contribution in [0.1, 0.15) is 20.0 Å². The van der Waals surface area contributed by atoms with Gasteiger partial charge in [-0.1, -0.05) is 17.7 Å². The molecule has 0 unspecified atom stereocenters. The van der Waals surface area contributed by atoms with Crippen LogP contribution in [0.4, 0.5) is 10.8 Å². The molecule has 0 bridgehead atoms. The van der Waals surface area contributed by atoms with E-state index in [0.29, 0.717) is 34.2 Å². The van der Waals surface area contributed by atoms with Crippen LogP contribution >= 0.6 is 34.3 Å². The first-order valence-electron chi connectivity index (χ1n) is 8.70. The monoisotopic (exact) mass is 432 g/mol. The summed E-state index contributed by atoms with van der Waals surface area (Å²) in [5.41, 5.74) is 0.945. The molecule has 6 nitrogen and oxygen atoms in total. The molecule has 28 heavy (non-hydrogen) atoms. The van der Waals surface area contributed by atoms with Crippen molar-refractivity contribution in [2.75, 3.05) is 36.4 Å². The third kappa shape index (κ3) is 4.04. The molecule has 3 heterocycles. The van der Waals surface area contributed by atoms with E-state index in [4.69, 9.17) is 11.6 Å². The van der Waals surface area contributed by atoms with Crippen molar-refractivity contribution < 1.29 is 9.59 Å². The highest BCUT2D eigenvalue weighted by atomic mass is 35.5. The molecular weight excluding hydrogens is 416 g/mol. The Morgan fingerprint density at radius 1 is 1.07 bits per heavy atom. The molecule has 144 valence electrons. The van der Waals surface area contributed by atoms with E-state index >= 15 is 0 Å². The molecule has 0 atom stereocenters. The molecule has 2 amide bonds. The molecule has 3 aromatic rings. The number of hydrogen-bond acceptors (Lipinski definition) is 6. The van der Waals surface area contributed by atoms with Crippen molar-refractivity contribution in [2.45, 2.75) is 0 Å². The van der Waals surface area contributed by atoms with Gasteiger partial charge in [-0.15, -0.1) is 22.7 Å². The topological polar surface area (TPSA) is 65.5 Å². The molecule has 1 aliphatic heterocycles. The summed E-state index contributed by atoms with van der Waals surface area (Å²) in [5.74, 6) is -0.305. The van der Waals surface area contributed by atoms with Gasteiger partial charge < -0.3 is 15.1 Å². The number of benzene rings is 1. The quantitative estimate of drug-likeness (QED) is 0.674. The number of halogens is 1. The first kappa shape index (κ1) is 18.9. The minimum absolute atomic E-state index is 0.0675. The number of rotatable bonds is 4. The van der Waals surface area contributed by atoms with Gasteiger partial charge in [0.1, 0.15) is 0 Å². The predicted octanol–water partition coefficient (Wildman–Crippen LogP) is 4.07. The van der Waals surface area contributed by atoms with Crippen LogP contribution in [0.3, 0.4) is 0 Å². The van der Waals surface area contributed by atoms with E-state index in [1.165, 1.54) is 11.3 Å². The normalized spacial score (nSPS) is 14.2. The molecule has 0 saturated carbocycles. The van der Waals surface area contributed by atoms with Gasteiger partial charge in [-0.25, -0.2) is 4.98 Å². The summed E-state index contributed by atoms with van der Waals surface area (Å²) >= 11 is 9.17. The smallest absolute Gasteiger partial charge is 0.265 e. The fourth-order valence-electron chi connectivity index (χ4n) is 3.00. The summed E-state index contributed by atoms with van der Waals surface area (Å²) in [5, 5.41) is 7.96. The molecule has 9 heteroatoms. The lowest BCUT2D eigenvalue weighted by atomic mass is 10.1. The zero-order valence-electron chi connectivity index (χ0n) is 14.8. The van der Waals surface area contributed by atoms with E-state index in [-0.39, 0.29) is 11.8 Å². The number of amides is 2. The van der Waals surface area contributed by atoms with E-state index in [9.17, 15) is 9.59 Å². The number of anilines is 2. The second-order valence-corrected chi connectivity index (χ2v) is 8.45. The number of piperazine rings is 1. The van der Waals surface area contributed by atoms with Gasteiger partial charge in [0, 0.05) is 43.3 Å². The molecule has 4 rings (SSSR count). The Kier molecular flexibility index (Phi) is 5.61. The number of hydrogen-bond donors (Lipinski definition) is 1. The second-order valence-electron chi connectivity index (χ2n) is 6.22. The SMILES string of the molecule is O=C(Nc1cc(C(=O)N2CCN(c3nccs3)CC2)ccc1Cl)c1cccs1. The van der Waals surface area contributed by atoms with Crippen LogP contribution in [0, 0.1) is 0 Å². The Labute approximate surface area is 175 Å². The van der Waals surface area contributed by atoms with Crippen LogP contribution in [0.15, 0.2) is 47.3 Å². The molecule has 0 spiro atoms. The summed E-state index contributed by atoms with van der Waals surface area (Å²) < 4.78 is 0. The predicted molar refractivity (Wildman–Crippen MR) is 114 cm³/mol. The van der Waals surface area contributed by atoms with E-state index in [1.54, 1.807) is 41.8 Å². The largest absolute Gasteiger partial charge is 0.345 e. The van der Waals surface area contributed by atoms with Crippen molar-refractivity contribution in [1.82, 2.24) is 9.88 Å². The van der Waals surface area contributed by atoms with Crippen molar-refractivity contribution in [3.63, 3.8) is 0 Å². The fraction of sp³-hybridized carbons (Fsp3) is 0.211. The molecular formula is C19H17ClN4O2S2. The van der Waals surface area contributed by atoms with Crippen molar-refractivity contribution in [1.29, 1.82) is 0 Å². The van der Waals surface area contributed by atoms with Crippen LogP contribution in [-0.4, -0.2) is 47.9 Å². The summed E-state index contributed by atoms with van der Waals surface area (Å²) in [7, 11) is 0. The Morgan fingerprint density at radius 2 is 1.89 bits per heavy atom. The summed E-state index contributed by atoms with van der Waals surface area (Å²) in [6.45, 7) is 2.74. The van der Waals surface area contributed by atoms with Crippen molar-refractivity contribution >= 4 is 56.9 Å². The van der Waals surface area contributed by atoms with Gasteiger partial charge in [0.05, 0.1) is 15.6 Å². The minimum atomic E-state index is -0.237. The average molecular weight is 433 g/mol. The van der Waals surface area contributed by atoms with Crippen LogP contribution in [0.2, 0.25) is 5.02 Å². The van der Waals surface area contributed by atoms with Crippen molar-refractivity contribution in [3.05, 3.63) is 62.8 Å². The number of thiazole rings is 1. The van der Waals surface area contributed by atoms with Crippen LogP contribution in [0.5, 0.6) is 0 Å². The van der Waals surface area contributed by atoms with Crippen LogP contribution < -0.4 is 10.2 Å². The van der Waals surface area contributed by atoms with E-state index in [0.717, 1.165) is 18.2 Å². The molecule has 1 N–H and O–H groups in total. The summed E-state index contributed by atoms with van der Waals surface area (Å²) in [6, 6.07) is 8.53. The number of aromatic nitrogens is 1. The second kappa shape index (κ2) is 8.30.